The van der Waals surface area contributed by atoms with Crippen molar-refractivity contribution in [3.63, 3.8) is 0 Å². The Labute approximate surface area is 216 Å². The first-order valence-corrected chi connectivity index (χ1v) is 12.4. The van der Waals surface area contributed by atoms with Crippen molar-refractivity contribution in [1.82, 2.24) is 24.9 Å². The Morgan fingerprint density at radius 1 is 1.06 bits per heavy atom. The summed E-state index contributed by atoms with van der Waals surface area (Å²) in [5.74, 6) is 2.50. The zero-order valence-electron chi connectivity index (χ0n) is 20.5. The van der Waals surface area contributed by atoms with E-state index in [4.69, 9.17) is 4.99 Å². The van der Waals surface area contributed by atoms with Gasteiger partial charge in [0.1, 0.15) is 0 Å². The van der Waals surface area contributed by atoms with Crippen LogP contribution in [0.4, 0.5) is 0 Å². The van der Waals surface area contributed by atoms with Crippen LogP contribution in [0.1, 0.15) is 42.9 Å². The number of nitrogens with one attached hydrogen (secondary N) is 1. The van der Waals surface area contributed by atoms with Crippen molar-refractivity contribution in [2.24, 2.45) is 23.9 Å². The van der Waals surface area contributed by atoms with Crippen LogP contribution in [-0.4, -0.2) is 64.8 Å². The molecule has 1 aromatic heterocycles. The van der Waals surface area contributed by atoms with Crippen molar-refractivity contribution >= 4 is 29.9 Å². The number of hydrogen-bond donors (Lipinski definition) is 1. The molecule has 2 aliphatic heterocycles. The minimum Gasteiger partial charge on any atom is -0.357 e. The molecule has 2 aromatic rings. The fraction of sp³-hybridized carbons (Fsp3) is 0.615. The van der Waals surface area contributed by atoms with E-state index in [9.17, 15) is 0 Å². The number of halogens is 1. The van der Waals surface area contributed by atoms with E-state index >= 15 is 0 Å². The second-order valence-electron chi connectivity index (χ2n) is 9.73. The van der Waals surface area contributed by atoms with Gasteiger partial charge in [-0.3, -0.25) is 14.6 Å². The van der Waals surface area contributed by atoms with Gasteiger partial charge in [-0.15, -0.1) is 24.0 Å². The standard InChI is InChI=1S/C26H40N6.HI/c1-4-27-26(32-14-11-24(20-32)15-25-17-29-30(3)18-25)28-16-22-9-12-31(13-10-22)19-23-7-5-21(2)6-8-23;/h5-8,17-18,22,24H,4,9-16,19-20H2,1-3H3,(H,27,28);1H. The summed E-state index contributed by atoms with van der Waals surface area (Å²) in [5.41, 5.74) is 4.11. The second-order valence-corrected chi connectivity index (χ2v) is 9.73. The van der Waals surface area contributed by atoms with E-state index < -0.39 is 0 Å². The van der Waals surface area contributed by atoms with Crippen LogP contribution in [-0.2, 0) is 20.0 Å². The van der Waals surface area contributed by atoms with Crippen molar-refractivity contribution < 1.29 is 0 Å². The molecule has 33 heavy (non-hydrogen) atoms. The van der Waals surface area contributed by atoms with Crippen LogP contribution in [0, 0.1) is 18.8 Å². The van der Waals surface area contributed by atoms with Crippen LogP contribution in [0.3, 0.4) is 0 Å². The maximum atomic E-state index is 5.08. The molecule has 3 heterocycles. The molecule has 0 aliphatic carbocycles. The molecule has 1 N–H and O–H groups in total. The number of likely N-dealkylation sites (tertiary alicyclic amines) is 2. The summed E-state index contributed by atoms with van der Waals surface area (Å²) >= 11 is 0. The van der Waals surface area contributed by atoms with E-state index in [-0.39, 0.29) is 24.0 Å². The van der Waals surface area contributed by atoms with Crippen molar-refractivity contribution in [2.75, 3.05) is 39.3 Å². The maximum absolute atomic E-state index is 5.08. The number of aromatic nitrogens is 2. The number of rotatable bonds is 7. The van der Waals surface area contributed by atoms with Gasteiger partial charge in [0.2, 0.25) is 0 Å². The van der Waals surface area contributed by atoms with E-state index in [0.29, 0.717) is 11.8 Å². The molecular weight excluding hydrogens is 523 g/mol. The van der Waals surface area contributed by atoms with E-state index in [1.54, 1.807) is 0 Å². The lowest BCUT2D eigenvalue weighted by Crippen LogP contribution is -2.41. The SMILES string of the molecule is CCNC(=NCC1CCN(Cc2ccc(C)cc2)CC1)N1CCC(Cc2cnn(C)c2)C1.I. The van der Waals surface area contributed by atoms with Crippen molar-refractivity contribution in [2.45, 2.75) is 46.1 Å². The Morgan fingerprint density at radius 3 is 2.45 bits per heavy atom. The number of benzene rings is 1. The number of aliphatic imine (C=N–C) groups is 1. The lowest BCUT2D eigenvalue weighted by molar-refractivity contribution is 0.180. The predicted molar refractivity (Wildman–Crippen MR) is 147 cm³/mol. The molecule has 2 saturated heterocycles. The Balaban J connectivity index is 0.00000306. The molecule has 1 unspecified atom stereocenters. The smallest absolute Gasteiger partial charge is 0.193 e. The summed E-state index contributed by atoms with van der Waals surface area (Å²) < 4.78 is 1.90. The van der Waals surface area contributed by atoms with Crippen molar-refractivity contribution in [3.05, 3.63) is 53.3 Å². The second kappa shape index (κ2) is 12.7. The minimum atomic E-state index is 0. The first-order valence-electron chi connectivity index (χ1n) is 12.4. The molecule has 4 rings (SSSR count). The van der Waals surface area contributed by atoms with Gasteiger partial charge in [0.25, 0.3) is 0 Å². The Bertz CT molecular complexity index is 869. The van der Waals surface area contributed by atoms with Crippen LogP contribution < -0.4 is 5.32 Å². The summed E-state index contributed by atoms with van der Waals surface area (Å²) in [5, 5.41) is 7.87. The molecule has 6 nitrogen and oxygen atoms in total. The summed E-state index contributed by atoms with van der Waals surface area (Å²) in [7, 11) is 1.99. The number of piperidine rings is 1. The quantitative estimate of drug-likeness (QED) is 0.313. The summed E-state index contributed by atoms with van der Waals surface area (Å²) in [4.78, 5) is 10.1. The zero-order chi connectivity index (χ0) is 22.3. The average molecular weight is 565 g/mol. The highest BCUT2D eigenvalue weighted by atomic mass is 127. The van der Waals surface area contributed by atoms with E-state index in [2.05, 4.69) is 64.5 Å². The molecule has 2 aliphatic rings. The van der Waals surface area contributed by atoms with Gasteiger partial charge in [-0.1, -0.05) is 29.8 Å². The van der Waals surface area contributed by atoms with Gasteiger partial charge in [0.05, 0.1) is 6.20 Å². The molecule has 0 radical (unpaired) electrons. The molecule has 0 saturated carbocycles. The number of hydrogen-bond acceptors (Lipinski definition) is 3. The van der Waals surface area contributed by atoms with Crippen molar-refractivity contribution in [1.29, 1.82) is 0 Å². The monoisotopic (exact) mass is 564 g/mol. The van der Waals surface area contributed by atoms with Crippen LogP contribution in [0.25, 0.3) is 0 Å². The summed E-state index contributed by atoms with van der Waals surface area (Å²) in [6.45, 7) is 11.8. The Hall–Kier alpha value is -1.61. The highest BCUT2D eigenvalue weighted by Gasteiger charge is 2.26. The highest BCUT2D eigenvalue weighted by Crippen LogP contribution is 2.22. The first-order chi connectivity index (χ1) is 15.6. The fourth-order valence-electron chi connectivity index (χ4n) is 5.02. The Morgan fingerprint density at radius 2 is 1.79 bits per heavy atom. The third-order valence-electron chi connectivity index (χ3n) is 6.94. The van der Waals surface area contributed by atoms with Crippen molar-refractivity contribution in [3.8, 4) is 0 Å². The Kier molecular flexibility index (Phi) is 10.0. The van der Waals surface area contributed by atoms with E-state index in [1.165, 1.54) is 49.0 Å². The maximum Gasteiger partial charge on any atom is 0.193 e. The van der Waals surface area contributed by atoms with Gasteiger partial charge in [-0.05, 0) is 75.6 Å². The van der Waals surface area contributed by atoms with Gasteiger partial charge in [-0.2, -0.15) is 5.10 Å². The van der Waals surface area contributed by atoms with Crippen LogP contribution in [0.5, 0.6) is 0 Å². The number of guanidine groups is 1. The van der Waals surface area contributed by atoms with Gasteiger partial charge in [-0.25, -0.2) is 0 Å². The molecule has 0 bridgehead atoms. The van der Waals surface area contributed by atoms with Gasteiger partial charge in [0, 0.05) is 46.0 Å². The number of aryl methyl sites for hydroxylation is 2. The average Bonchev–Trinajstić information content (AvgIpc) is 3.43. The third-order valence-corrected chi connectivity index (χ3v) is 6.94. The topological polar surface area (TPSA) is 48.7 Å². The highest BCUT2D eigenvalue weighted by molar-refractivity contribution is 14.0. The third kappa shape index (κ3) is 7.70. The van der Waals surface area contributed by atoms with Crippen LogP contribution in [0.15, 0.2) is 41.7 Å². The number of nitrogens with zero attached hydrogens (tertiary/aromatic N) is 5. The van der Waals surface area contributed by atoms with Crippen LogP contribution >= 0.6 is 24.0 Å². The van der Waals surface area contributed by atoms with Gasteiger partial charge in [0.15, 0.2) is 5.96 Å². The predicted octanol–water partition coefficient (Wildman–Crippen LogP) is 4.09. The molecule has 182 valence electrons. The van der Waals surface area contributed by atoms with Crippen LogP contribution in [0.2, 0.25) is 0 Å². The normalized spacial score (nSPS) is 20.2. The molecule has 0 amide bonds. The zero-order valence-corrected chi connectivity index (χ0v) is 22.9. The van der Waals surface area contributed by atoms with Gasteiger partial charge >= 0.3 is 0 Å². The molecule has 1 atom stereocenters. The minimum absolute atomic E-state index is 0. The summed E-state index contributed by atoms with van der Waals surface area (Å²) in [6.07, 6.45) is 9.00. The fourth-order valence-corrected chi connectivity index (χ4v) is 5.02. The van der Waals surface area contributed by atoms with E-state index in [1.807, 2.05) is 17.9 Å². The lowest BCUT2D eigenvalue weighted by Gasteiger charge is -2.31. The molecule has 0 spiro atoms. The first kappa shape index (κ1) is 26.0. The molecule has 2 fully saturated rings. The molecule has 1 aromatic carbocycles. The molecular formula is C26H41IN6. The lowest BCUT2D eigenvalue weighted by atomic mass is 9.96. The van der Waals surface area contributed by atoms with E-state index in [0.717, 1.165) is 45.1 Å². The van der Waals surface area contributed by atoms with Gasteiger partial charge < -0.3 is 10.2 Å². The summed E-state index contributed by atoms with van der Waals surface area (Å²) in [6, 6.07) is 8.98. The largest absolute Gasteiger partial charge is 0.357 e. The molecule has 7 heteroatoms.